The summed E-state index contributed by atoms with van der Waals surface area (Å²) in [4.78, 5) is 17.3. The summed E-state index contributed by atoms with van der Waals surface area (Å²) >= 11 is -2.46. The van der Waals surface area contributed by atoms with E-state index < -0.39 is 44.8 Å². The van der Waals surface area contributed by atoms with Gasteiger partial charge in [-0.05, 0) is 61.6 Å². The third-order valence-corrected chi connectivity index (χ3v) is 8.71. The molecule has 1 spiro atoms. The second-order valence-corrected chi connectivity index (χ2v) is 11.7. The molecule has 2 aromatic rings. The van der Waals surface area contributed by atoms with Crippen molar-refractivity contribution in [2.75, 3.05) is 23.6 Å². The lowest BCUT2D eigenvalue weighted by Crippen LogP contribution is -2.50. The van der Waals surface area contributed by atoms with Crippen molar-refractivity contribution < 1.29 is 39.9 Å². The number of amides is 1. The van der Waals surface area contributed by atoms with Crippen LogP contribution in [0, 0.1) is 6.92 Å². The predicted molar refractivity (Wildman–Crippen MR) is 133 cm³/mol. The zero-order chi connectivity index (χ0) is 27.7. The molecule has 206 valence electrons. The largest absolute Gasteiger partial charge is 0.755 e. The fourth-order valence-electron chi connectivity index (χ4n) is 4.47. The lowest BCUT2D eigenvalue weighted by molar-refractivity contribution is -0.274. The van der Waals surface area contributed by atoms with Crippen LogP contribution in [0.2, 0.25) is 0 Å². The van der Waals surface area contributed by atoms with E-state index in [4.69, 9.17) is 0 Å². The Labute approximate surface area is 219 Å². The first kappa shape index (κ1) is 28.0. The Morgan fingerprint density at radius 2 is 1.92 bits per heavy atom. The maximum Gasteiger partial charge on any atom is 0.573 e. The van der Waals surface area contributed by atoms with Gasteiger partial charge in [-0.3, -0.25) is 14.0 Å². The average molecular weight is 574 g/mol. The highest BCUT2D eigenvalue weighted by molar-refractivity contribution is 7.89. The van der Waals surface area contributed by atoms with Crippen molar-refractivity contribution in [3.8, 4) is 5.75 Å². The van der Waals surface area contributed by atoms with Gasteiger partial charge in [0.2, 0.25) is 10.0 Å². The van der Waals surface area contributed by atoms with Crippen LogP contribution in [0.4, 0.5) is 18.9 Å². The Hall–Kier alpha value is -3.01. The first-order valence-electron chi connectivity index (χ1n) is 11.5. The average Bonchev–Trinajstić information content (AvgIpc) is 3.13. The summed E-state index contributed by atoms with van der Waals surface area (Å²) in [5.74, 6) is -0.952. The fraction of sp³-hybridized carbons (Fsp3) is 0.391. The van der Waals surface area contributed by atoms with Gasteiger partial charge >= 0.3 is 6.36 Å². The monoisotopic (exact) mass is 573 g/mol. The molecule has 10 nitrogen and oxygen atoms in total. The minimum absolute atomic E-state index is 0.0565. The third-order valence-electron chi connectivity index (χ3n) is 6.44. The van der Waals surface area contributed by atoms with Crippen molar-refractivity contribution >= 4 is 38.7 Å². The molecule has 1 unspecified atom stereocenters. The standard InChI is InChI=1S/C23H25F3N4O6S2/c1-15-13-18(29-37(32)33)6-5-16(15)7-12-38(34,35)30-10-8-22(9-11-30)21(31)27-20(28-22)17-3-2-4-19(14-17)36-23(24,25)26/h2-6,13-14,29H,7-12H2,1H3,(H,32,33)(H,27,28,31)/p-1. The van der Waals surface area contributed by atoms with Gasteiger partial charge in [-0.1, -0.05) is 18.2 Å². The number of sulfonamides is 1. The summed E-state index contributed by atoms with van der Waals surface area (Å²) in [7, 11) is -3.66. The van der Waals surface area contributed by atoms with Crippen LogP contribution in [-0.4, -0.2) is 64.0 Å². The predicted octanol–water partition coefficient (Wildman–Crippen LogP) is 2.38. The number of amidine groups is 1. The Morgan fingerprint density at radius 3 is 2.55 bits per heavy atom. The number of aryl methyl sites for hydroxylation is 2. The molecule has 2 aromatic carbocycles. The molecule has 1 atom stereocenters. The van der Waals surface area contributed by atoms with Crippen molar-refractivity contribution in [2.24, 2.45) is 4.99 Å². The zero-order valence-electron chi connectivity index (χ0n) is 20.1. The molecule has 4 rings (SSSR count). The van der Waals surface area contributed by atoms with Crippen molar-refractivity contribution in [3.05, 3.63) is 59.2 Å². The lowest BCUT2D eigenvalue weighted by atomic mass is 9.89. The molecule has 0 saturated carbocycles. The van der Waals surface area contributed by atoms with E-state index in [0.29, 0.717) is 5.69 Å². The number of hydrogen-bond donors (Lipinski definition) is 2. The molecule has 2 N–H and O–H groups in total. The number of carbonyl (C=O) groups is 1. The summed E-state index contributed by atoms with van der Waals surface area (Å²) in [6.07, 6.45) is -4.41. The molecular weight excluding hydrogens is 549 g/mol. The van der Waals surface area contributed by atoms with Gasteiger partial charge in [0.05, 0.1) is 5.75 Å². The van der Waals surface area contributed by atoms with Crippen LogP contribution in [0.25, 0.3) is 0 Å². The molecule has 0 aromatic heterocycles. The number of nitrogens with one attached hydrogen (secondary N) is 2. The molecule has 0 bridgehead atoms. The van der Waals surface area contributed by atoms with Crippen molar-refractivity contribution in [1.29, 1.82) is 0 Å². The number of rotatable bonds is 8. The highest BCUT2D eigenvalue weighted by Crippen LogP contribution is 2.33. The molecule has 2 aliphatic rings. The molecule has 15 heteroatoms. The van der Waals surface area contributed by atoms with Gasteiger partial charge in [0.15, 0.2) is 0 Å². The molecular formula is C23H24F3N4O6S2-. The van der Waals surface area contributed by atoms with Crippen molar-refractivity contribution in [2.45, 2.75) is 38.1 Å². The van der Waals surface area contributed by atoms with Crippen molar-refractivity contribution in [1.82, 2.24) is 9.62 Å². The van der Waals surface area contributed by atoms with Gasteiger partial charge in [-0.15, -0.1) is 13.2 Å². The van der Waals surface area contributed by atoms with E-state index in [0.717, 1.165) is 23.3 Å². The van der Waals surface area contributed by atoms with Crippen LogP contribution in [0.5, 0.6) is 5.75 Å². The van der Waals surface area contributed by atoms with Gasteiger partial charge in [0, 0.05) is 35.6 Å². The topological polar surface area (TPSA) is 140 Å². The van der Waals surface area contributed by atoms with Crippen LogP contribution >= 0.6 is 0 Å². The van der Waals surface area contributed by atoms with Crippen LogP contribution in [0.3, 0.4) is 0 Å². The number of benzene rings is 2. The summed E-state index contributed by atoms with van der Waals surface area (Å²) in [5.41, 5.74) is 0.902. The highest BCUT2D eigenvalue weighted by Gasteiger charge is 2.47. The van der Waals surface area contributed by atoms with Crippen LogP contribution < -0.4 is 14.8 Å². The highest BCUT2D eigenvalue weighted by atomic mass is 32.2. The maximum absolute atomic E-state index is 13.0. The van der Waals surface area contributed by atoms with E-state index in [1.165, 1.54) is 16.4 Å². The molecule has 1 amide bonds. The number of aliphatic imine (C=N–C) groups is 1. The SMILES string of the molecule is Cc1cc(NS(=O)[O-])ccc1CCS(=O)(=O)N1CCC2(CC1)N=C(c1cccc(OC(F)(F)F)c1)NC2=O. The first-order valence-corrected chi connectivity index (χ1v) is 14.2. The smallest absolute Gasteiger partial charge is 0.573 e. The molecule has 1 saturated heterocycles. The number of anilines is 1. The number of halogens is 3. The summed E-state index contributed by atoms with van der Waals surface area (Å²) in [6, 6.07) is 9.92. The number of alkyl halides is 3. The van der Waals surface area contributed by atoms with Gasteiger partial charge in [0.1, 0.15) is 17.1 Å². The Balaban J connectivity index is 1.40. The molecule has 0 aliphatic carbocycles. The first-order chi connectivity index (χ1) is 17.8. The normalized spacial score (nSPS) is 18.7. The van der Waals surface area contributed by atoms with Crippen molar-refractivity contribution in [3.63, 3.8) is 0 Å². The molecule has 0 radical (unpaired) electrons. The summed E-state index contributed by atoms with van der Waals surface area (Å²) < 4.78 is 92.7. The van der Waals surface area contributed by atoms with E-state index in [-0.39, 0.29) is 49.5 Å². The number of carbonyl (C=O) groups excluding carboxylic acids is 1. The number of ether oxygens (including phenoxy) is 1. The Kier molecular flexibility index (Phi) is 7.84. The van der Waals surface area contributed by atoms with E-state index in [9.17, 15) is 35.1 Å². The van der Waals surface area contributed by atoms with E-state index in [2.05, 4.69) is 19.8 Å². The van der Waals surface area contributed by atoms with Gasteiger partial charge in [0.25, 0.3) is 5.91 Å². The zero-order valence-corrected chi connectivity index (χ0v) is 21.7. The number of piperidine rings is 1. The number of nitrogens with zero attached hydrogens (tertiary/aromatic N) is 2. The van der Waals surface area contributed by atoms with Crippen LogP contribution in [0.1, 0.15) is 29.5 Å². The minimum Gasteiger partial charge on any atom is -0.755 e. The quantitative estimate of drug-likeness (QED) is 0.465. The van der Waals surface area contributed by atoms with E-state index >= 15 is 0 Å². The molecule has 2 aliphatic heterocycles. The third kappa shape index (κ3) is 6.51. The Bertz CT molecular complexity index is 1390. The van der Waals surface area contributed by atoms with Crippen LogP contribution in [0.15, 0.2) is 47.5 Å². The Morgan fingerprint density at radius 1 is 1.21 bits per heavy atom. The minimum atomic E-state index is -4.86. The maximum atomic E-state index is 13.0. The second-order valence-electron chi connectivity index (χ2n) is 8.96. The molecule has 38 heavy (non-hydrogen) atoms. The number of hydrogen-bond acceptors (Lipinski definition) is 7. The summed E-state index contributed by atoms with van der Waals surface area (Å²) in [6.45, 7) is 1.87. The van der Waals surface area contributed by atoms with Crippen LogP contribution in [-0.2, 0) is 32.5 Å². The van der Waals surface area contributed by atoms with Gasteiger partial charge in [-0.25, -0.2) is 12.7 Å². The van der Waals surface area contributed by atoms with Gasteiger partial charge in [-0.2, -0.15) is 0 Å². The van der Waals surface area contributed by atoms with Gasteiger partial charge < -0.3 is 19.3 Å². The summed E-state index contributed by atoms with van der Waals surface area (Å²) in [5, 5.41) is 2.61. The van der Waals surface area contributed by atoms with E-state index in [1.54, 1.807) is 25.1 Å². The fourth-order valence-corrected chi connectivity index (χ4v) is 6.27. The lowest BCUT2D eigenvalue weighted by Gasteiger charge is -2.34. The second kappa shape index (κ2) is 10.6. The van der Waals surface area contributed by atoms with E-state index in [1.807, 2.05) is 0 Å². The molecule has 2 heterocycles. The molecule has 1 fully saturated rings.